The number of nitrogens with zero attached hydrogens (tertiary/aromatic N) is 4. The van der Waals surface area contributed by atoms with Gasteiger partial charge in [0.2, 0.25) is 5.91 Å². The van der Waals surface area contributed by atoms with Gasteiger partial charge in [0.15, 0.2) is 0 Å². The summed E-state index contributed by atoms with van der Waals surface area (Å²) in [4.78, 5) is 24.8. The van der Waals surface area contributed by atoms with Crippen LogP contribution >= 0.6 is 11.6 Å². The summed E-state index contributed by atoms with van der Waals surface area (Å²) in [5.41, 5.74) is 1.57. The van der Waals surface area contributed by atoms with E-state index < -0.39 is 4.92 Å². The second-order valence-corrected chi connectivity index (χ2v) is 5.91. The Morgan fingerprint density at radius 2 is 2.12 bits per heavy atom. The number of likely N-dealkylation sites (N-methyl/N-ethyl adjacent to an activating group) is 1. The molecular weight excluding hydrogens is 332 g/mol. The molecule has 0 unspecified atom stereocenters. The Morgan fingerprint density at radius 1 is 1.42 bits per heavy atom. The van der Waals surface area contributed by atoms with E-state index in [1.807, 2.05) is 25.1 Å². The molecule has 1 amide bonds. The molecule has 0 radical (unpaired) electrons. The summed E-state index contributed by atoms with van der Waals surface area (Å²) >= 11 is 5.97. The lowest BCUT2D eigenvalue weighted by atomic mass is 10.2. The second kappa shape index (κ2) is 7.44. The van der Waals surface area contributed by atoms with Crippen molar-refractivity contribution in [3.05, 3.63) is 56.4 Å². The number of rotatable bonds is 6. The first-order valence-electron chi connectivity index (χ1n) is 7.54. The highest BCUT2D eigenvalue weighted by atomic mass is 35.5. The number of halogens is 1. The monoisotopic (exact) mass is 350 g/mol. The fraction of sp³-hybridized carbons (Fsp3) is 0.375. The van der Waals surface area contributed by atoms with Gasteiger partial charge in [-0.2, -0.15) is 5.10 Å². The van der Waals surface area contributed by atoms with E-state index >= 15 is 0 Å². The smallest absolute Gasteiger partial charge is 0.312 e. The van der Waals surface area contributed by atoms with E-state index in [-0.39, 0.29) is 18.1 Å². The maximum absolute atomic E-state index is 12.5. The molecule has 8 heteroatoms. The first-order chi connectivity index (χ1) is 11.3. The predicted octanol–water partition coefficient (Wildman–Crippen LogP) is 3.11. The average molecular weight is 351 g/mol. The van der Waals surface area contributed by atoms with Crippen molar-refractivity contribution >= 4 is 23.2 Å². The van der Waals surface area contributed by atoms with Gasteiger partial charge in [0.05, 0.1) is 4.92 Å². The molecule has 0 atom stereocenters. The van der Waals surface area contributed by atoms with Crippen molar-refractivity contribution in [1.29, 1.82) is 0 Å². The molecule has 0 aliphatic carbocycles. The summed E-state index contributed by atoms with van der Waals surface area (Å²) in [7, 11) is 0. The highest BCUT2D eigenvalue weighted by Crippen LogP contribution is 2.22. The lowest BCUT2D eigenvalue weighted by Gasteiger charge is -2.21. The molecule has 0 bridgehead atoms. The van der Waals surface area contributed by atoms with Gasteiger partial charge in [-0.3, -0.25) is 19.6 Å². The number of aryl methyl sites for hydroxylation is 1. The van der Waals surface area contributed by atoms with Gasteiger partial charge in [0, 0.05) is 18.1 Å². The largest absolute Gasteiger partial charge is 0.337 e. The normalized spacial score (nSPS) is 10.7. The molecule has 1 aromatic carbocycles. The fourth-order valence-corrected chi connectivity index (χ4v) is 2.78. The summed E-state index contributed by atoms with van der Waals surface area (Å²) in [5.74, 6) is -0.155. The summed E-state index contributed by atoms with van der Waals surface area (Å²) < 4.78 is 1.39. The van der Waals surface area contributed by atoms with Crippen molar-refractivity contribution in [2.24, 2.45) is 0 Å². The summed E-state index contributed by atoms with van der Waals surface area (Å²) in [6, 6.07) is 7.32. The SMILES string of the molecule is CCN(Cc1cccc(Cl)c1)C(=O)Cn1nc(C)c([N+](=O)[O-])c1C. The first kappa shape index (κ1) is 17.9. The zero-order chi connectivity index (χ0) is 17.9. The minimum Gasteiger partial charge on any atom is -0.337 e. The Labute approximate surface area is 145 Å². The van der Waals surface area contributed by atoms with E-state index in [2.05, 4.69) is 5.10 Å². The van der Waals surface area contributed by atoms with Gasteiger partial charge in [-0.1, -0.05) is 23.7 Å². The molecule has 1 heterocycles. The molecule has 0 spiro atoms. The lowest BCUT2D eigenvalue weighted by molar-refractivity contribution is -0.386. The maximum atomic E-state index is 12.5. The topological polar surface area (TPSA) is 81.3 Å². The van der Waals surface area contributed by atoms with Crippen molar-refractivity contribution in [3.63, 3.8) is 0 Å². The van der Waals surface area contributed by atoms with Crippen molar-refractivity contribution in [2.45, 2.75) is 33.9 Å². The molecule has 0 aliphatic rings. The minimum absolute atomic E-state index is 0.0328. The molecule has 2 rings (SSSR count). The molecule has 2 aromatic rings. The summed E-state index contributed by atoms with van der Waals surface area (Å²) in [5, 5.41) is 15.8. The standard InChI is InChI=1S/C16H19ClN4O3/c1-4-19(9-13-6-5-7-14(17)8-13)15(22)10-20-12(3)16(21(23)24)11(2)18-20/h5-8H,4,9-10H2,1-3H3. The molecule has 0 aliphatic heterocycles. The van der Waals surface area contributed by atoms with Crippen molar-refractivity contribution < 1.29 is 9.72 Å². The van der Waals surface area contributed by atoms with Gasteiger partial charge < -0.3 is 4.90 Å². The number of nitro groups is 1. The number of amides is 1. The van der Waals surface area contributed by atoms with E-state index in [0.717, 1.165) is 5.56 Å². The van der Waals surface area contributed by atoms with Crippen LogP contribution in [0.5, 0.6) is 0 Å². The number of carbonyl (C=O) groups excluding carboxylic acids is 1. The molecule has 1 aromatic heterocycles. The second-order valence-electron chi connectivity index (χ2n) is 5.47. The number of aromatic nitrogens is 2. The van der Waals surface area contributed by atoms with Crippen LogP contribution in [0.15, 0.2) is 24.3 Å². The minimum atomic E-state index is -0.470. The van der Waals surface area contributed by atoms with Crippen LogP contribution in [0.25, 0.3) is 0 Å². The van der Waals surface area contributed by atoms with E-state index in [9.17, 15) is 14.9 Å². The number of hydrogen-bond acceptors (Lipinski definition) is 4. The maximum Gasteiger partial charge on any atom is 0.312 e. The summed E-state index contributed by atoms with van der Waals surface area (Å²) in [6.45, 7) is 5.96. The Balaban J connectivity index is 2.15. The van der Waals surface area contributed by atoms with Gasteiger partial charge in [-0.05, 0) is 38.5 Å². The van der Waals surface area contributed by atoms with Crippen molar-refractivity contribution in [2.75, 3.05) is 6.54 Å². The van der Waals surface area contributed by atoms with E-state index in [4.69, 9.17) is 11.6 Å². The highest BCUT2D eigenvalue weighted by molar-refractivity contribution is 6.30. The molecule has 7 nitrogen and oxygen atoms in total. The Bertz CT molecular complexity index is 773. The van der Waals surface area contributed by atoms with E-state index in [1.165, 1.54) is 4.68 Å². The quantitative estimate of drug-likeness (QED) is 0.592. The molecular formula is C16H19ClN4O3. The molecule has 24 heavy (non-hydrogen) atoms. The van der Waals surface area contributed by atoms with E-state index in [1.54, 1.807) is 24.8 Å². The molecule has 0 saturated heterocycles. The van der Waals surface area contributed by atoms with Crippen LogP contribution in [0.3, 0.4) is 0 Å². The average Bonchev–Trinajstić information content (AvgIpc) is 2.78. The predicted molar refractivity (Wildman–Crippen MR) is 90.9 cm³/mol. The lowest BCUT2D eigenvalue weighted by Crippen LogP contribution is -2.33. The third kappa shape index (κ3) is 3.91. The molecule has 0 saturated carbocycles. The van der Waals surface area contributed by atoms with Gasteiger partial charge in [-0.15, -0.1) is 0 Å². The van der Waals surface area contributed by atoms with Gasteiger partial charge in [0.25, 0.3) is 0 Å². The van der Waals surface area contributed by atoms with Crippen molar-refractivity contribution in [1.82, 2.24) is 14.7 Å². The van der Waals surface area contributed by atoms with Crippen LogP contribution in [0, 0.1) is 24.0 Å². The zero-order valence-corrected chi connectivity index (χ0v) is 14.6. The number of hydrogen-bond donors (Lipinski definition) is 0. The van der Waals surface area contributed by atoms with Gasteiger partial charge in [0.1, 0.15) is 17.9 Å². The van der Waals surface area contributed by atoms with Gasteiger partial charge in [-0.25, -0.2) is 0 Å². The Kier molecular flexibility index (Phi) is 5.56. The summed E-state index contributed by atoms with van der Waals surface area (Å²) in [6.07, 6.45) is 0. The highest BCUT2D eigenvalue weighted by Gasteiger charge is 2.24. The van der Waals surface area contributed by atoms with Crippen molar-refractivity contribution in [3.8, 4) is 0 Å². The van der Waals surface area contributed by atoms with Crippen LogP contribution < -0.4 is 0 Å². The van der Waals surface area contributed by atoms with Gasteiger partial charge >= 0.3 is 5.69 Å². The number of benzene rings is 1. The number of carbonyl (C=O) groups is 1. The third-order valence-corrected chi connectivity index (χ3v) is 4.04. The zero-order valence-electron chi connectivity index (χ0n) is 13.8. The third-order valence-electron chi connectivity index (χ3n) is 3.81. The van der Waals surface area contributed by atoms with Crippen LogP contribution in [0.1, 0.15) is 23.9 Å². The molecule has 0 N–H and O–H groups in total. The van der Waals surface area contributed by atoms with E-state index in [0.29, 0.717) is 29.5 Å². The Morgan fingerprint density at radius 3 is 2.67 bits per heavy atom. The molecule has 0 fully saturated rings. The molecule has 128 valence electrons. The Hall–Kier alpha value is -2.41. The van der Waals surface area contributed by atoms with Crippen LogP contribution in [-0.2, 0) is 17.9 Å². The first-order valence-corrected chi connectivity index (χ1v) is 7.91. The van der Waals surface area contributed by atoms with Crippen LogP contribution in [0.4, 0.5) is 5.69 Å². The van der Waals surface area contributed by atoms with Crippen LogP contribution in [0.2, 0.25) is 5.02 Å². The van der Waals surface area contributed by atoms with Crippen LogP contribution in [-0.4, -0.2) is 32.1 Å². The fourth-order valence-electron chi connectivity index (χ4n) is 2.57.